The van der Waals surface area contributed by atoms with Gasteiger partial charge in [0.2, 0.25) is 5.91 Å². The summed E-state index contributed by atoms with van der Waals surface area (Å²) in [5, 5.41) is 2.80. The van der Waals surface area contributed by atoms with Crippen molar-refractivity contribution in [1.82, 2.24) is 0 Å². The van der Waals surface area contributed by atoms with Gasteiger partial charge in [-0.3, -0.25) is 4.79 Å². The standard InChI is InChI=1S/C12H17NO/c1-8(2)11-5-9(3)6-12(7-11)13-10(4)14/h5-8H,1-4H3,(H,13,14). The Labute approximate surface area is 85.3 Å². The Kier molecular flexibility index (Phi) is 3.28. The maximum absolute atomic E-state index is 10.9. The van der Waals surface area contributed by atoms with Gasteiger partial charge in [-0.05, 0) is 36.1 Å². The molecule has 1 rings (SSSR count). The molecule has 0 spiro atoms. The Balaban J connectivity index is 3.01. The first-order valence-electron chi connectivity index (χ1n) is 4.88. The molecule has 14 heavy (non-hydrogen) atoms. The van der Waals surface area contributed by atoms with Crippen LogP contribution < -0.4 is 5.32 Å². The number of anilines is 1. The van der Waals surface area contributed by atoms with E-state index < -0.39 is 0 Å². The zero-order chi connectivity index (χ0) is 10.7. The van der Waals surface area contributed by atoms with Gasteiger partial charge in [0.05, 0.1) is 0 Å². The molecular formula is C12H17NO. The van der Waals surface area contributed by atoms with Crippen LogP contribution >= 0.6 is 0 Å². The van der Waals surface area contributed by atoms with Gasteiger partial charge in [0.1, 0.15) is 0 Å². The van der Waals surface area contributed by atoms with E-state index in [4.69, 9.17) is 0 Å². The molecule has 2 heteroatoms. The highest BCUT2D eigenvalue weighted by Crippen LogP contribution is 2.21. The van der Waals surface area contributed by atoms with Gasteiger partial charge in [-0.25, -0.2) is 0 Å². The van der Waals surface area contributed by atoms with Crippen molar-refractivity contribution < 1.29 is 4.79 Å². The number of benzene rings is 1. The normalized spacial score (nSPS) is 10.4. The molecule has 2 nitrogen and oxygen atoms in total. The predicted molar refractivity (Wildman–Crippen MR) is 59.6 cm³/mol. The Hall–Kier alpha value is -1.31. The smallest absolute Gasteiger partial charge is 0.221 e. The van der Waals surface area contributed by atoms with Gasteiger partial charge >= 0.3 is 0 Å². The van der Waals surface area contributed by atoms with E-state index in [0.717, 1.165) is 5.69 Å². The summed E-state index contributed by atoms with van der Waals surface area (Å²) >= 11 is 0. The quantitative estimate of drug-likeness (QED) is 0.764. The second kappa shape index (κ2) is 4.27. The molecule has 0 bridgehead atoms. The monoisotopic (exact) mass is 191 g/mol. The zero-order valence-corrected chi connectivity index (χ0v) is 9.22. The number of carbonyl (C=O) groups is 1. The van der Waals surface area contributed by atoms with Gasteiger partial charge in [-0.2, -0.15) is 0 Å². The maximum Gasteiger partial charge on any atom is 0.221 e. The third-order valence-corrected chi connectivity index (χ3v) is 2.09. The summed E-state index contributed by atoms with van der Waals surface area (Å²) in [6, 6.07) is 6.16. The van der Waals surface area contributed by atoms with E-state index in [0.29, 0.717) is 5.92 Å². The lowest BCUT2D eigenvalue weighted by Crippen LogP contribution is -2.06. The van der Waals surface area contributed by atoms with Crippen LogP contribution in [0, 0.1) is 6.92 Å². The van der Waals surface area contributed by atoms with Crippen LogP contribution in [0.3, 0.4) is 0 Å². The third kappa shape index (κ3) is 2.87. The van der Waals surface area contributed by atoms with Crippen molar-refractivity contribution in [2.45, 2.75) is 33.6 Å². The molecule has 0 aliphatic heterocycles. The summed E-state index contributed by atoms with van der Waals surface area (Å²) in [6.45, 7) is 7.85. The minimum atomic E-state index is -0.0229. The molecule has 0 saturated heterocycles. The molecule has 0 radical (unpaired) electrons. The summed E-state index contributed by atoms with van der Waals surface area (Å²) in [5.74, 6) is 0.465. The van der Waals surface area contributed by atoms with Crippen molar-refractivity contribution >= 4 is 11.6 Å². The molecule has 0 heterocycles. The fourth-order valence-electron chi connectivity index (χ4n) is 1.42. The van der Waals surface area contributed by atoms with Gasteiger partial charge in [0.25, 0.3) is 0 Å². The van der Waals surface area contributed by atoms with Gasteiger partial charge in [-0.15, -0.1) is 0 Å². The first-order chi connectivity index (χ1) is 6.49. The first-order valence-corrected chi connectivity index (χ1v) is 4.88. The van der Waals surface area contributed by atoms with Crippen LogP contribution in [0.2, 0.25) is 0 Å². The van der Waals surface area contributed by atoms with E-state index >= 15 is 0 Å². The molecule has 1 aromatic rings. The number of nitrogens with one attached hydrogen (secondary N) is 1. The summed E-state index contributed by atoms with van der Waals surface area (Å²) in [4.78, 5) is 10.9. The number of hydrogen-bond donors (Lipinski definition) is 1. The highest BCUT2D eigenvalue weighted by Gasteiger charge is 2.03. The third-order valence-electron chi connectivity index (χ3n) is 2.09. The Morgan fingerprint density at radius 3 is 2.43 bits per heavy atom. The molecule has 0 atom stereocenters. The van der Waals surface area contributed by atoms with E-state index in [1.165, 1.54) is 18.1 Å². The first kappa shape index (κ1) is 10.8. The highest BCUT2D eigenvalue weighted by atomic mass is 16.1. The van der Waals surface area contributed by atoms with Crippen LogP contribution in [0.1, 0.15) is 37.8 Å². The van der Waals surface area contributed by atoms with Crippen LogP contribution in [0.15, 0.2) is 18.2 Å². The molecule has 1 amide bonds. The van der Waals surface area contributed by atoms with Crippen molar-refractivity contribution in [2.24, 2.45) is 0 Å². The number of carbonyl (C=O) groups excluding carboxylic acids is 1. The van der Waals surface area contributed by atoms with Crippen molar-refractivity contribution in [1.29, 1.82) is 0 Å². The van der Waals surface area contributed by atoms with E-state index in [-0.39, 0.29) is 5.91 Å². The Morgan fingerprint density at radius 1 is 1.29 bits per heavy atom. The molecule has 0 aliphatic rings. The van der Waals surface area contributed by atoms with Crippen LogP contribution in [0.25, 0.3) is 0 Å². The molecule has 76 valence electrons. The van der Waals surface area contributed by atoms with Crippen molar-refractivity contribution in [3.8, 4) is 0 Å². The van der Waals surface area contributed by atoms with E-state index in [1.54, 1.807) is 0 Å². The molecule has 0 saturated carbocycles. The topological polar surface area (TPSA) is 29.1 Å². The Bertz CT molecular complexity index is 342. The molecular weight excluding hydrogens is 174 g/mol. The lowest BCUT2D eigenvalue weighted by atomic mass is 10.0. The molecule has 1 aromatic carbocycles. The summed E-state index contributed by atoms with van der Waals surface area (Å²) in [5.41, 5.74) is 3.33. The largest absolute Gasteiger partial charge is 0.326 e. The zero-order valence-electron chi connectivity index (χ0n) is 9.22. The van der Waals surface area contributed by atoms with Gasteiger partial charge in [-0.1, -0.05) is 19.9 Å². The Morgan fingerprint density at radius 2 is 1.93 bits per heavy atom. The average Bonchev–Trinajstić information content (AvgIpc) is 2.01. The average molecular weight is 191 g/mol. The van der Waals surface area contributed by atoms with Gasteiger partial charge in [0, 0.05) is 12.6 Å². The summed E-state index contributed by atoms with van der Waals surface area (Å²) < 4.78 is 0. The summed E-state index contributed by atoms with van der Waals surface area (Å²) in [7, 11) is 0. The van der Waals surface area contributed by atoms with Crippen LogP contribution in [0.5, 0.6) is 0 Å². The second-order valence-electron chi connectivity index (χ2n) is 3.97. The number of amides is 1. The van der Waals surface area contributed by atoms with Crippen LogP contribution in [-0.4, -0.2) is 5.91 Å². The second-order valence-corrected chi connectivity index (χ2v) is 3.97. The van der Waals surface area contributed by atoms with Gasteiger partial charge in [0.15, 0.2) is 0 Å². The van der Waals surface area contributed by atoms with E-state index in [1.807, 2.05) is 19.1 Å². The number of aryl methyl sites for hydroxylation is 1. The molecule has 0 unspecified atom stereocenters. The lowest BCUT2D eigenvalue weighted by Gasteiger charge is -2.10. The predicted octanol–water partition coefficient (Wildman–Crippen LogP) is 3.08. The molecule has 0 aliphatic carbocycles. The molecule has 0 aromatic heterocycles. The highest BCUT2D eigenvalue weighted by molar-refractivity contribution is 5.88. The summed E-state index contributed by atoms with van der Waals surface area (Å²) in [6.07, 6.45) is 0. The van der Waals surface area contributed by atoms with Crippen LogP contribution in [-0.2, 0) is 4.79 Å². The minimum Gasteiger partial charge on any atom is -0.326 e. The fourth-order valence-corrected chi connectivity index (χ4v) is 1.42. The SMILES string of the molecule is CC(=O)Nc1cc(C)cc(C(C)C)c1. The van der Waals surface area contributed by atoms with Crippen molar-refractivity contribution in [3.63, 3.8) is 0 Å². The molecule has 1 N–H and O–H groups in total. The van der Waals surface area contributed by atoms with Gasteiger partial charge < -0.3 is 5.32 Å². The number of rotatable bonds is 2. The van der Waals surface area contributed by atoms with E-state index in [2.05, 4.69) is 25.2 Å². The van der Waals surface area contributed by atoms with Crippen molar-refractivity contribution in [3.05, 3.63) is 29.3 Å². The maximum atomic E-state index is 10.9. The lowest BCUT2D eigenvalue weighted by molar-refractivity contribution is -0.114. The molecule has 0 fully saturated rings. The number of hydrogen-bond acceptors (Lipinski definition) is 1. The minimum absolute atomic E-state index is 0.0229. The fraction of sp³-hybridized carbons (Fsp3) is 0.417. The van der Waals surface area contributed by atoms with Crippen LogP contribution in [0.4, 0.5) is 5.69 Å². The van der Waals surface area contributed by atoms with Crippen molar-refractivity contribution in [2.75, 3.05) is 5.32 Å². The van der Waals surface area contributed by atoms with E-state index in [9.17, 15) is 4.79 Å².